The highest BCUT2D eigenvalue weighted by molar-refractivity contribution is 5.96. The molecule has 0 fully saturated rings. The van der Waals surface area contributed by atoms with E-state index < -0.39 is 72.6 Å². The van der Waals surface area contributed by atoms with E-state index in [1.807, 2.05) is 0 Å². The first-order chi connectivity index (χ1) is 15.4. The van der Waals surface area contributed by atoms with E-state index in [1.165, 1.54) is 6.92 Å². The van der Waals surface area contributed by atoms with E-state index in [0.717, 1.165) is 0 Å². The third-order valence-corrected chi connectivity index (χ3v) is 4.42. The molecule has 0 aliphatic carbocycles. The molecule has 180 valence electrons. The number of rotatable bonds is 13. The van der Waals surface area contributed by atoms with Crippen molar-refractivity contribution in [1.82, 2.24) is 16.0 Å². The molecule has 0 saturated carbocycles. The van der Waals surface area contributed by atoms with Gasteiger partial charge in [0.15, 0.2) is 0 Å². The molecule has 0 bridgehead atoms. The Bertz CT molecular complexity index is 892. The minimum Gasteiger partial charge on any atom is -0.481 e. The van der Waals surface area contributed by atoms with Crippen molar-refractivity contribution in [3.63, 3.8) is 0 Å². The molecule has 1 rings (SSSR count). The van der Waals surface area contributed by atoms with Gasteiger partial charge in [0, 0.05) is 6.42 Å². The van der Waals surface area contributed by atoms with Crippen molar-refractivity contribution in [3.8, 4) is 0 Å². The number of amides is 4. The lowest BCUT2D eigenvalue weighted by molar-refractivity contribution is -0.143. The fraction of sp³-hybridized carbons (Fsp3) is 0.400. The van der Waals surface area contributed by atoms with Gasteiger partial charge in [-0.2, -0.15) is 0 Å². The lowest BCUT2D eigenvalue weighted by atomic mass is 10.0. The lowest BCUT2D eigenvalue weighted by Gasteiger charge is -2.23. The molecular weight excluding hydrogens is 438 g/mol. The summed E-state index contributed by atoms with van der Waals surface area (Å²) in [4.78, 5) is 70.5. The predicted octanol–water partition coefficient (Wildman–Crippen LogP) is -2.53. The second kappa shape index (κ2) is 12.8. The van der Waals surface area contributed by atoms with Crippen LogP contribution in [0.4, 0.5) is 0 Å². The zero-order valence-corrected chi connectivity index (χ0v) is 17.8. The van der Waals surface area contributed by atoms with Crippen LogP contribution in [0.5, 0.6) is 0 Å². The van der Waals surface area contributed by atoms with Crippen molar-refractivity contribution in [2.45, 2.75) is 50.4 Å². The van der Waals surface area contributed by atoms with Crippen molar-refractivity contribution < 1.29 is 39.0 Å². The van der Waals surface area contributed by atoms with Crippen LogP contribution >= 0.6 is 0 Å². The number of primary amides is 1. The Labute approximate surface area is 188 Å². The molecule has 1 aromatic carbocycles. The van der Waals surface area contributed by atoms with Gasteiger partial charge in [0.2, 0.25) is 23.6 Å². The van der Waals surface area contributed by atoms with E-state index in [9.17, 15) is 33.9 Å². The highest BCUT2D eigenvalue weighted by Crippen LogP contribution is 2.05. The first kappa shape index (κ1) is 27.0. The number of carboxylic acid groups (broad SMARTS) is 2. The normalized spacial score (nSPS) is 14.1. The highest BCUT2D eigenvalue weighted by Gasteiger charge is 2.30. The average Bonchev–Trinajstić information content (AvgIpc) is 2.72. The minimum absolute atomic E-state index is 0.0696. The fourth-order valence-electron chi connectivity index (χ4n) is 2.70. The molecule has 0 aliphatic heterocycles. The van der Waals surface area contributed by atoms with E-state index in [2.05, 4.69) is 16.0 Å². The molecule has 4 atom stereocenters. The Morgan fingerprint density at radius 3 is 1.94 bits per heavy atom. The molecule has 0 aromatic heterocycles. The second-order valence-corrected chi connectivity index (χ2v) is 7.26. The van der Waals surface area contributed by atoms with Crippen molar-refractivity contribution in [2.24, 2.45) is 11.5 Å². The van der Waals surface area contributed by atoms with E-state index in [-0.39, 0.29) is 6.42 Å². The summed E-state index contributed by atoms with van der Waals surface area (Å²) in [5, 5.41) is 25.1. The topological polar surface area (TPSA) is 231 Å². The summed E-state index contributed by atoms with van der Waals surface area (Å²) in [7, 11) is 0. The molecule has 0 aliphatic rings. The maximum Gasteiger partial charge on any atom is 0.326 e. The van der Waals surface area contributed by atoms with Crippen molar-refractivity contribution in [1.29, 1.82) is 0 Å². The Kier molecular flexibility index (Phi) is 10.5. The van der Waals surface area contributed by atoms with E-state index in [4.69, 9.17) is 16.6 Å². The van der Waals surface area contributed by atoms with Crippen LogP contribution in [0.15, 0.2) is 30.3 Å². The van der Waals surface area contributed by atoms with Gasteiger partial charge < -0.3 is 37.6 Å². The molecular formula is C20H27N5O8. The molecule has 13 nitrogen and oxygen atoms in total. The van der Waals surface area contributed by atoms with Crippen LogP contribution in [0.25, 0.3) is 0 Å². The molecule has 13 heteroatoms. The summed E-state index contributed by atoms with van der Waals surface area (Å²) in [6.45, 7) is 1.25. The summed E-state index contributed by atoms with van der Waals surface area (Å²) in [6.07, 6.45) is -1.36. The molecule has 0 radical (unpaired) electrons. The quantitative estimate of drug-likeness (QED) is 0.162. The number of aliphatic carboxylic acids is 2. The van der Waals surface area contributed by atoms with E-state index in [1.54, 1.807) is 30.3 Å². The van der Waals surface area contributed by atoms with Gasteiger partial charge in [0.1, 0.15) is 18.1 Å². The molecule has 4 unspecified atom stereocenters. The number of carbonyl (C=O) groups excluding carboxylic acids is 4. The first-order valence-electron chi connectivity index (χ1n) is 9.84. The van der Waals surface area contributed by atoms with Crippen LogP contribution in [0.3, 0.4) is 0 Å². The van der Waals surface area contributed by atoms with Crippen LogP contribution in [-0.2, 0) is 35.2 Å². The summed E-state index contributed by atoms with van der Waals surface area (Å²) in [6, 6.07) is 2.88. The largest absolute Gasteiger partial charge is 0.481 e. The van der Waals surface area contributed by atoms with Crippen molar-refractivity contribution in [3.05, 3.63) is 35.9 Å². The Balaban J connectivity index is 2.84. The molecule has 4 amide bonds. The summed E-state index contributed by atoms with van der Waals surface area (Å²) in [5.41, 5.74) is 11.1. The molecule has 0 spiro atoms. The van der Waals surface area contributed by atoms with E-state index in [0.29, 0.717) is 5.56 Å². The zero-order valence-electron chi connectivity index (χ0n) is 17.8. The van der Waals surface area contributed by atoms with Gasteiger partial charge in [-0.25, -0.2) is 4.79 Å². The first-order valence-corrected chi connectivity index (χ1v) is 9.84. The van der Waals surface area contributed by atoms with Gasteiger partial charge in [0.25, 0.3) is 0 Å². The highest BCUT2D eigenvalue weighted by atomic mass is 16.4. The van der Waals surface area contributed by atoms with Gasteiger partial charge in [-0.3, -0.25) is 24.0 Å². The number of hydrogen-bond donors (Lipinski definition) is 7. The Morgan fingerprint density at radius 1 is 0.848 bits per heavy atom. The van der Waals surface area contributed by atoms with Crippen LogP contribution < -0.4 is 27.4 Å². The maximum absolute atomic E-state index is 12.6. The number of carbonyl (C=O) groups is 6. The monoisotopic (exact) mass is 465 g/mol. The standard InChI is InChI=1S/C20H27N5O8/c1-10(23-18(30)12(21)8-15(22)26)17(29)24-13(9-16(27)28)19(31)25-14(20(32)33)7-11-5-3-2-4-6-11/h2-6,10,12-14H,7-9,21H2,1H3,(H2,22,26)(H,23,30)(H,24,29)(H,25,31)(H,27,28)(H,32,33). The Hall–Kier alpha value is -4.00. The van der Waals surface area contributed by atoms with Gasteiger partial charge in [0.05, 0.1) is 18.9 Å². The van der Waals surface area contributed by atoms with Gasteiger partial charge >= 0.3 is 11.9 Å². The fourth-order valence-corrected chi connectivity index (χ4v) is 2.70. The number of nitrogens with one attached hydrogen (secondary N) is 3. The third-order valence-electron chi connectivity index (χ3n) is 4.42. The molecule has 9 N–H and O–H groups in total. The van der Waals surface area contributed by atoms with E-state index >= 15 is 0 Å². The molecule has 0 heterocycles. The van der Waals surface area contributed by atoms with Crippen molar-refractivity contribution >= 4 is 35.6 Å². The Morgan fingerprint density at radius 2 is 1.42 bits per heavy atom. The SMILES string of the molecule is CC(NC(=O)C(N)CC(N)=O)C(=O)NC(CC(=O)O)C(=O)NC(Cc1ccccc1)C(=O)O. The van der Waals surface area contributed by atoms with Crippen LogP contribution in [0, 0.1) is 0 Å². The lowest BCUT2D eigenvalue weighted by Crippen LogP contribution is -2.57. The minimum atomic E-state index is -1.62. The molecule has 33 heavy (non-hydrogen) atoms. The van der Waals surface area contributed by atoms with Crippen LogP contribution in [0.2, 0.25) is 0 Å². The number of carboxylic acids is 2. The smallest absolute Gasteiger partial charge is 0.326 e. The summed E-state index contributed by atoms with van der Waals surface area (Å²) < 4.78 is 0. The summed E-state index contributed by atoms with van der Waals surface area (Å²) >= 11 is 0. The maximum atomic E-state index is 12.6. The number of benzene rings is 1. The van der Waals surface area contributed by atoms with Crippen molar-refractivity contribution in [2.75, 3.05) is 0 Å². The summed E-state index contributed by atoms with van der Waals surface area (Å²) in [5.74, 6) is -6.41. The zero-order chi connectivity index (χ0) is 25.1. The van der Waals surface area contributed by atoms with Gasteiger partial charge in [-0.1, -0.05) is 30.3 Å². The van der Waals surface area contributed by atoms with Crippen LogP contribution in [-0.4, -0.2) is 69.9 Å². The number of hydrogen-bond acceptors (Lipinski definition) is 7. The second-order valence-electron chi connectivity index (χ2n) is 7.26. The molecule has 1 aromatic rings. The third kappa shape index (κ3) is 9.78. The van der Waals surface area contributed by atoms with Crippen LogP contribution in [0.1, 0.15) is 25.3 Å². The molecule has 0 saturated heterocycles. The predicted molar refractivity (Wildman–Crippen MR) is 113 cm³/mol. The average molecular weight is 465 g/mol. The van der Waals surface area contributed by atoms with Gasteiger partial charge in [-0.05, 0) is 12.5 Å². The number of nitrogens with two attached hydrogens (primary N) is 2. The van der Waals surface area contributed by atoms with Gasteiger partial charge in [-0.15, -0.1) is 0 Å².